The summed E-state index contributed by atoms with van der Waals surface area (Å²) in [6, 6.07) is 6.39. The molecule has 0 fully saturated rings. The first-order chi connectivity index (χ1) is 9.36. The summed E-state index contributed by atoms with van der Waals surface area (Å²) in [5.41, 5.74) is -0.828. The fourth-order valence-corrected chi connectivity index (χ4v) is 1.49. The van der Waals surface area contributed by atoms with Crippen molar-refractivity contribution in [3.63, 3.8) is 0 Å². The van der Waals surface area contributed by atoms with E-state index in [4.69, 9.17) is 0 Å². The van der Waals surface area contributed by atoms with Crippen LogP contribution in [-0.2, 0) is 6.18 Å². The van der Waals surface area contributed by atoms with Crippen molar-refractivity contribution in [3.05, 3.63) is 59.7 Å². The molecule has 1 N–H and O–H groups in total. The average Bonchev–Trinajstić information content (AvgIpc) is 2.38. The molecule has 104 valence electrons. The van der Waals surface area contributed by atoms with Crippen molar-refractivity contribution < 1.29 is 22.4 Å². The molecule has 0 saturated carbocycles. The first-order valence-electron chi connectivity index (χ1n) is 5.46. The maximum atomic E-state index is 12.6. The van der Waals surface area contributed by atoms with E-state index in [2.05, 4.69) is 10.3 Å². The summed E-state index contributed by atoms with van der Waals surface area (Å²) in [4.78, 5) is 15.0. The van der Waals surface area contributed by atoms with Crippen molar-refractivity contribution in [2.45, 2.75) is 6.18 Å². The largest absolute Gasteiger partial charge is 0.416 e. The van der Waals surface area contributed by atoms with Crippen molar-refractivity contribution in [1.82, 2.24) is 4.98 Å². The van der Waals surface area contributed by atoms with Gasteiger partial charge in [0.25, 0.3) is 5.91 Å². The summed E-state index contributed by atoms with van der Waals surface area (Å²) in [6.45, 7) is 0. The average molecular weight is 284 g/mol. The Morgan fingerprint density at radius 3 is 2.50 bits per heavy atom. The van der Waals surface area contributed by atoms with Gasteiger partial charge in [0, 0.05) is 11.9 Å². The van der Waals surface area contributed by atoms with Crippen LogP contribution in [0.3, 0.4) is 0 Å². The van der Waals surface area contributed by atoms with Gasteiger partial charge in [0.15, 0.2) is 0 Å². The van der Waals surface area contributed by atoms with Gasteiger partial charge in [-0.25, -0.2) is 4.98 Å². The minimum absolute atomic E-state index is 0.00542. The number of nitrogens with zero attached hydrogens (tertiary/aromatic N) is 1. The van der Waals surface area contributed by atoms with E-state index in [-0.39, 0.29) is 11.3 Å². The molecule has 1 heterocycles. The van der Waals surface area contributed by atoms with Gasteiger partial charge in [-0.2, -0.15) is 17.6 Å². The number of pyridine rings is 1. The Bertz CT molecular complexity index is 623. The Kier molecular flexibility index (Phi) is 3.69. The molecule has 0 aliphatic heterocycles. The molecular weight excluding hydrogens is 276 g/mol. The number of benzene rings is 1. The first kappa shape index (κ1) is 14.0. The normalized spacial score (nSPS) is 11.2. The van der Waals surface area contributed by atoms with Crippen LogP contribution in [0.25, 0.3) is 0 Å². The number of carbonyl (C=O) groups is 1. The summed E-state index contributed by atoms with van der Waals surface area (Å²) in [5.74, 6) is -1.42. The quantitative estimate of drug-likeness (QED) is 0.677. The molecule has 1 aromatic heterocycles. The van der Waals surface area contributed by atoms with Crippen molar-refractivity contribution >= 4 is 11.6 Å². The highest BCUT2D eigenvalue weighted by Gasteiger charge is 2.30. The number of amides is 1. The van der Waals surface area contributed by atoms with Gasteiger partial charge in [-0.3, -0.25) is 4.79 Å². The van der Waals surface area contributed by atoms with E-state index in [0.29, 0.717) is 0 Å². The number of aromatic nitrogens is 1. The van der Waals surface area contributed by atoms with Crippen LogP contribution in [0.2, 0.25) is 0 Å². The lowest BCUT2D eigenvalue weighted by Crippen LogP contribution is -2.13. The number of alkyl halides is 3. The van der Waals surface area contributed by atoms with Gasteiger partial charge >= 0.3 is 6.18 Å². The van der Waals surface area contributed by atoms with Crippen LogP contribution >= 0.6 is 0 Å². The van der Waals surface area contributed by atoms with Gasteiger partial charge in [-0.1, -0.05) is 6.07 Å². The van der Waals surface area contributed by atoms with Crippen LogP contribution < -0.4 is 5.32 Å². The highest BCUT2D eigenvalue weighted by Crippen LogP contribution is 2.30. The molecule has 7 heteroatoms. The number of nitrogens with one attached hydrogen (secondary N) is 1. The predicted molar refractivity (Wildman–Crippen MR) is 63.6 cm³/mol. The fraction of sp³-hybridized carbons (Fsp3) is 0.0769. The van der Waals surface area contributed by atoms with E-state index in [1.54, 1.807) is 0 Å². The number of halogens is 4. The van der Waals surface area contributed by atoms with Crippen molar-refractivity contribution in [2.24, 2.45) is 0 Å². The molecule has 0 atom stereocenters. The highest BCUT2D eigenvalue weighted by molar-refractivity contribution is 6.04. The minimum Gasteiger partial charge on any atom is -0.322 e. The second-order valence-corrected chi connectivity index (χ2v) is 3.90. The number of anilines is 1. The van der Waals surface area contributed by atoms with E-state index in [1.807, 2.05) is 0 Å². The molecule has 1 aromatic carbocycles. The van der Waals surface area contributed by atoms with E-state index in [0.717, 1.165) is 24.4 Å². The van der Waals surface area contributed by atoms with E-state index >= 15 is 0 Å². The van der Waals surface area contributed by atoms with Gasteiger partial charge in [0.2, 0.25) is 5.95 Å². The van der Waals surface area contributed by atoms with Gasteiger partial charge < -0.3 is 5.32 Å². The Labute approximate surface area is 111 Å². The molecule has 0 aliphatic rings. The van der Waals surface area contributed by atoms with E-state index in [9.17, 15) is 22.4 Å². The Morgan fingerprint density at radius 2 is 1.90 bits per heavy atom. The molecule has 0 aliphatic carbocycles. The molecule has 20 heavy (non-hydrogen) atoms. The second kappa shape index (κ2) is 5.28. The number of carbonyl (C=O) groups excluding carboxylic acids is 1. The topological polar surface area (TPSA) is 42.0 Å². The fourth-order valence-electron chi connectivity index (χ4n) is 1.49. The summed E-state index contributed by atoms with van der Waals surface area (Å²) in [7, 11) is 0. The SMILES string of the molecule is O=C(Nc1cccc(C(F)(F)F)c1)c1ccc(F)nc1. The highest BCUT2D eigenvalue weighted by atomic mass is 19.4. The number of hydrogen-bond acceptors (Lipinski definition) is 2. The Balaban J connectivity index is 2.18. The maximum Gasteiger partial charge on any atom is 0.416 e. The number of hydrogen-bond donors (Lipinski definition) is 1. The van der Waals surface area contributed by atoms with Crippen molar-refractivity contribution in [1.29, 1.82) is 0 Å². The van der Waals surface area contributed by atoms with Crippen molar-refractivity contribution in [3.8, 4) is 0 Å². The Hall–Kier alpha value is -2.44. The molecule has 0 spiro atoms. The summed E-state index contributed by atoms with van der Waals surface area (Å²) < 4.78 is 50.1. The third-order valence-electron chi connectivity index (χ3n) is 2.44. The third-order valence-corrected chi connectivity index (χ3v) is 2.44. The first-order valence-corrected chi connectivity index (χ1v) is 5.46. The van der Waals surface area contributed by atoms with Crippen molar-refractivity contribution in [2.75, 3.05) is 5.32 Å². The van der Waals surface area contributed by atoms with Gasteiger partial charge in [-0.15, -0.1) is 0 Å². The second-order valence-electron chi connectivity index (χ2n) is 3.90. The maximum absolute atomic E-state index is 12.6. The standard InChI is InChI=1S/C13H8F4N2O/c14-11-5-4-8(7-18-11)12(20)19-10-3-1-2-9(6-10)13(15,16)17/h1-7H,(H,19,20). The molecule has 1 amide bonds. The van der Waals surface area contributed by atoms with Crippen LogP contribution in [0.1, 0.15) is 15.9 Å². The monoisotopic (exact) mass is 284 g/mol. The minimum atomic E-state index is -4.49. The van der Waals surface area contributed by atoms with Crippen LogP contribution in [0.4, 0.5) is 23.2 Å². The zero-order valence-electron chi connectivity index (χ0n) is 9.91. The van der Waals surface area contributed by atoms with Gasteiger partial charge in [0.05, 0.1) is 11.1 Å². The summed E-state index contributed by atoms with van der Waals surface area (Å²) >= 11 is 0. The van der Waals surface area contributed by atoms with Crippen LogP contribution in [0.5, 0.6) is 0 Å². The lowest BCUT2D eigenvalue weighted by atomic mass is 10.2. The zero-order valence-corrected chi connectivity index (χ0v) is 9.91. The van der Waals surface area contributed by atoms with E-state index < -0.39 is 23.6 Å². The van der Waals surface area contributed by atoms with Gasteiger partial charge in [-0.05, 0) is 30.3 Å². The molecule has 2 rings (SSSR count). The predicted octanol–water partition coefficient (Wildman–Crippen LogP) is 3.49. The summed E-state index contributed by atoms with van der Waals surface area (Å²) in [6.07, 6.45) is -3.49. The molecule has 0 unspecified atom stereocenters. The lowest BCUT2D eigenvalue weighted by molar-refractivity contribution is -0.137. The molecule has 0 radical (unpaired) electrons. The third kappa shape index (κ3) is 3.31. The molecule has 0 bridgehead atoms. The molecule has 0 saturated heterocycles. The Morgan fingerprint density at radius 1 is 1.15 bits per heavy atom. The van der Waals surface area contributed by atoms with E-state index in [1.165, 1.54) is 18.2 Å². The number of rotatable bonds is 2. The zero-order chi connectivity index (χ0) is 14.8. The van der Waals surface area contributed by atoms with Gasteiger partial charge in [0.1, 0.15) is 0 Å². The van der Waals surface area contributed by atoms with Crippen LogP contribution in [-0.4, -0.2) is 10.9 Å². The smallest absolute Gasteiger partial charge is 0.322 e. The lowest BCUT2D eigenvalue weighted by Gasteiger charge is -2.09. The molecule has 3 nitrogen and oxygen atoms in total. The molecular formula is C13H8F4N2O. The van der Waals surface area contributed by atoms with Crippen LogP contribution in [0, 0.1) is 5.95 Å². The molecule has 2 aromatic rings. The van der Waals surface area contributed by atoms with Crippen LogP contribution in [0.15, 0.2) is 42.6 Å². The summed E-state index contributed by atoms with van der Waals surface area (Å²) in [5, 5.41) is 2.29.